The number of primary amides is 1. The summed E-state index contributed by atoms with van der Waals surface area (Å²) in [6.07, 6.45) is 2.64. The molecule has 1 amide bonds. The van der Waals surface area contributed by atoms with Crippen LogP contribution in [0.4, 0.5) is 0 Å². The van der Waals surface area contributed by atoms with Gasteiger partial charge in [0, 0.05) is 23.2 Å². The summed E-state index contributed by atoms with van der Waals surface area (Å²) in [5.41, 5.74) is 10.9. The van der Waals surface area contributed by atoms with Crippen molar-refractivity contribution in [2.45, 2.75) is 39.7 Å². The molecule has 3 rings (SSSR count). The van der Waals surface area contributed by atoms with Crippen molar-refractivity contribution in [1.29, 1.82) is 5.41 Å². The van der Waals surface area contributed by atoms with Gasteiger partial charge in [0.2, 0.25) is 0 Å². The number of likely N-dealkylation sites (N-methyl/N-ethyl adjacent to an activating group) is 1. The molecule has 2 aromatic rings. The lowest BCUT2D eigenvalue weighted by Gasteiger charge is -2.40. The second kappa shape index (κ2) is 6.91. The molecule has 28 heavy (non-hydrogen) atoms. The summed E-state index contributed by atoms with van der Waals surface area (Å²) in [6.45, 7) is 8.74. The monoisotopic (exact) mass is 382 g/mol. The van der Waals surface area contributed by atoms with Crippen LogP contribution in [-0.2, 0) is 4.79 Å². The average molecular weight is 382 g/mol. The van der Waals surface area contributed by atoms with Crippen molar-refractivity contribution < 1.29 is 14.1 Å². The number of carbonyl (C=O) groups is 1. The van der Waals surface area contributed by atoms with Gasteiger partial charge < -0.3 is 10.5 Å². The second-order valence-electron chi connectivity index (χ2n) is 8.18. The number of quaternary nitrogens is 1. The van der Waals surface area contributed by atoms with Gasteiger partial charge in [-0.15, -0.1) is 0 Å². The first-order valence-electron chi connectivity index (χ1n) is 9.40. The number of hydrogen-bond acceptors (Lipinski definition) is 5. The molecule has 0 spiro atoms. The SMILES string of the molecule is CCCOc1ccc2cc(C3=C(C(N)=O)C(=N)[N+](C)(C(C)(C)C)N3)cnc2c1. The maximum atomic E-state index is 12.2. The summed E-state index contributed by atoms with van der Waals surface area (Å²) in [7, 11) is 1.87. The summed E-state index contributed by atoms with van der Waals surface area (Å²) in [4.78, 5) is 16.7. The van der Waals surface area contributed by atoms with E-state index >= 15 is 0 Å². The van der Waals surface area contributed by atoms with Gasteiger partial charge in [0.15, 0.2) is 5.57 Å². The Morgan fingerprint density at radius 1 is 1.32 bits per heavy atom. The fourth-order valence-corrected chi connectivity index (χ4v) is 3.18. The van der Waals surface area contributed by atoms with Crippen LogP contribution < -0.4 is 15.9 Å². The highest BCUT2D eigenvalue weighted by atomic mass is 16.5. The van der Waals surface area contributed by atoms with E-state index in [1.807, 2.05) is 52.1 Å². The van der Waals surface area contributed by atoms with E-state index in [2.05, 4.69) is 17.3 Å². The van der Waals surface area contributed by atoms with Crippen LogP contribution in [0, 0.1) is 5.41 Å². The third kappa shape index (κ3) is 3.22. The normalized spacial score (nSPS) is 19.8. The van der Waals surface area contributed by atoms with Crippen molar-refractivity contribution in [1.82, 2.24) is 10.4 Å². The van der Waals surface area contributed by atoms with Crippen molar-refractivity contribution in [3.05, 3.63) is 41.6 Å². The summed E-state index contributed by atoms with van der Waals surface area (Å²) >= 11 is 0. The molecule has 0 fully saturated rings. The number of carbonyl (C=O) groups excluding carboxylic acids is 1. The molecule has 1 unspecified atom stereocenters. The van der Waals surface area contributed by atoms with E-state index in [0.29, 0.717) is 12.3 Å². The Hall–Kier alpha value is -2.93. The lowest BCUT2D eigenvalue weighted by molar-refractivity contribution is -0.902. The highest BCUT2D eigenvalue weighted by molar-refractivity contribution is 6.23. The molecule has 0 saturated heterocycles. The minimum atomic E-state index is -0.623. The number of nitrogens with one attached hydrogen (secondary N) is 2. The lowest BCUT2D eigenvalue weighted by Crippen LogP contribution is -2.64. The molecular weight excluding hydrogens is 354 g/mol. The molecule has 7 heteroatoms. The number of amides is 1. The molecule has 0 radical (unpaired) electrons. The molecule has 1 aliphatic rings. The fourth-order valence-electron chi connectivity index (χ4n) is 3.18. The first-order chi connectivity index (χ1) is 13.1. The molecule has 1 atom stereocenters. The molecule has 4 N–H and O–H groups in total. The summed E-state index contributed by atoms with van der Waals surface area (Å²) in [5, 5.41) is 9.51. The van der Waals surface area contributed by atoms with E-state index in [9.17, 15) is 4.79 Å². The van der Waals surface area contributed by atoms with Crippen molar-refractivity contribution in [2.75, 3.05) is 13.7 Å². The third-order valence-corrected chi connectivity index (χ3v) is 5.27. The quantitative estimate of drug-likeness (QED) is 0.692. The van der Waals surface area contributed by atoms with E-state index in [4.69, 9.17) is 15.9 Å². The van der Waals surface area contributed by atoms with Crippen LogP contribution in [0.1, 0.15) is 39.7 Å². The van der Waals surface area contributed by atoms with Crippen LogP contribution in [0.25, 0.3) is 16.6 Å². The zero-order valence-electron chi connectivity index (χ0n) is 17.1. The Morgan fingerprint density at radius 2 is 2.04 bits per heavy atom. The number of rotatable bonds is 5. The topological polar surface area (TPSA) is 101 Å². The Bertz CT molecular complexity index is 990. The first kappa shape index (κ1) is 19.8. The van der Waals surface area contributed by atoms with Crippen molar-refractivity contribution >= 4 is 28.3 Å². The highest BCUT2D eigenvalue weighted by Gasteiger charge is 2.51. The Kier molecular flexibility index (Phi) is 4.89. The Labute approximate surface area is 165 Å². The number of ether oxygens (including phenoxy) is 1. The first-order valence-corrected chi connectivity index (χ1v) is 9.40. The van der Waals surface area contributed by atoms with E-state index in [1.165, 1.54) is 0 Å². The molecule has 1 aromatic heterocycles. The standard InChI is InChI=1S/C21H27N5O2/c1-6-9-28-15-8-7-13-10-14(12-24-16(13)11-15)18-17(20(23)27)19(22)26(5,25-18)21(2,3)4/h7-8,10-12H,6,9H2,1-5H3,(H3-,22,23,25,27)/p+1. The maximum absolute atomic E-state index is 12.2. The van der Waals surface area contributed by atoms with E-state index in [1.54, 1.807) is 6.20 Å². The molecule has 0 aliphatic carbocycles. The average Bonchev–Trinajstić information content (AvgIpc) is 2.92. The second-order valence-corrected chi connectivity index (χ2v) is 8.18. The van der Waals surface area contributed by atoms with Gasteiger partial charge >= 0.3 is 0 Å². The molecule has 1 aliphatic heterocycles. The van der Waals surface area contributed by atoms with E-state index in [0.717, 1.165) is 28.6 Å². The van der Waals surface area contributed by atoms with Gasteiger partial charge in [0.1, 0.15) is 17.0 Å². The largest absolute Gasteiger partial charge is 0.494 e. The maximum Gasteiger partial charge on any atom is 0.260 e. The third-order valence-electron chi connectivity index (χ3n) is 5.27. The predicted octanol–water partition coefficient (Wildman–Crippen LogP) is 2.96. The van der Waals surface area contributed by atoms with Gasteiger partial charge in [0.05, 0.1) is 19.2 Å². The van der Waals surface area contributed by atoms with Crippen LogP contribution in [0.2, 0.25) is 0 Å². The van der Waals surface area contributed by atoms with E-state index in [-0.39, 0.29) is 21.5 Å². The predicted molar refractivity (Wildman–Crippen MR) is 110 cm³/mol. The van der Waals surface area contributed by atoms with Gasteiger partial charge in [0.25, 0.3) is 11.7 Å². The van der Waals surface area contributed by atoms with Crippen LogP contribution in [-0.4, -0.2) is 40.5 Å². The van der Waals surface area contributed by atoms with Crippen molar-refractivity contribution in [2.24, 2.45) is 5.73 Å². The molecule has 7 nitrogen and oxygen atoms in total. The van der Waals surface area contributed by atoms with Gasteiger partial charge in [-0.2, -0.15) is 4.59 Å². The van der Waals surface area contributed by atoms with Gasteiger partial charge in [-0.25, -0.2) is 10.8 Å². The molecule has 1 aromatic carbocycles. The van der Waals surface area contributed by atoms with Gasteiger partial charge in [-0.05, 0) is 45.4 Å². The number of amidine groups is 1. The number of nitrogens with zero attached hydrogens (tertiary/aromatic N) is 2. The molecular formula is C21H28N5O2+. The van der Waals surface area contributed by atoms with Crippen molar-refractivity contribution in [3.8, 4) is 5.75 Å². The number of aromatic nitrogens is 1. The number of pyridine rings is 1. The van der Waals surface area contributed by atoms with Crippen LogP contribution in [0.5, 0.6) is 5.75 Å². The summed E-state index contributed by atoms with van der Waals surface area (Å²) < 4.78 is 5.74. The number of benzene rings is 1. The minimum absolute atomic E-state index is 0.0719. The summed E-state index contributed by atoms with van der Waals surface area (Å²) in [5.74, 6) is 0.310. The van der Waals surface area contributed by atoms with Gasteiger partial charge in [-0.1, -0.05) is 6.92 Å². The molecule has 0 saturated carbocycles. The Balaban J connectivity index is 2.06. The van der Waals surface area contributed by atoms with Crippen molar-refractivity contribution in [3.63, 3.8) is 0 Å². The number of nitrogens with two attached hydrogens (primary N) is 1. The zero-order chi connectivity index (χ0) is 20.7. The summed E-state index contributed by atoms with van der Waals surface area (Å²) in [6, 6.07) is 7.70. The van der Waals surface area contributed by atoms with Crippen LogP contribution >= 0.6 is 0 Å². The van der Waals surface area contributed by atoms with Crippen LogP contribution in [0.15, 0.2) is 36.0 Å². The van der Waals surface area contributed by atoms with E-state index < -0.39 is 5.91 Å². The van der Waals surface area contributed by atoms with Gasteiger partial charge in [-0.3, -0.25) is 9.78 Å². The Morgan fingerprint density at radius 3 is 2.64 bits per heavy atom. The smallest absolute Gasteiger partial charge is 0.260 e. The molecule has 148 valence electrons. The fraction of sp³-hybridized carbons (Fsp3) is 0.381. The minimum Gasteiger partial charge on any atom is -0.494 e. The molecule has 0 bridgehead atoms. The molecule has 2 heterocycles. The highest BCUT2D eigenvalue weighted by Crippen LogP contribution is 2.34. The lowest BCUT2D eigenvalue weighted by atomic mass is 10.0. The number of hydrogen-bond donors (Lipinski definition) is 3. The van der Waals surface area contributed by atoms with Crippen LogP contribution in [0.3, 0.4) is 0 Å². The zero-order valence-corrected chi connectivity index (χ0v) is 17.1. The number of fused-ring (bicyclic) bond motifs is 1.